The zero-order valence-electron chi connectivity index (χ0n) is 18.0. The Morgan fingerprint density at radius 3 is 2.63 bits per heavy atom. The summed E-state index contributed by atoms with van der Waals surface area (Å²) in [7, 11) is 2.06. The van der Waals surface area contributed by atoms with Crippen LogP contribution in [0.25, 0.3) is 22.0 Å². The van der Waals surface area contributed by atoms with E-state index in [0.29, 0.717) is 29.5 Å². The van der Waals surface area contributed by atoms with E-state index in [-0.39, 0.29) is 0 Å². The minimum Gasteiger partial charge on any atom is -0.300 e. The van der Waals surface area contributed by atoms with Gasteiger partial charge in [-0.2, -0.15) is 5.10 Å². The summed E-state index contributed by atoms with van der Waals surface area (Å²) in [5.74, 6) is 2.64. The van der Waals surface area contributed by atoms with Crippen molar-refractivity contribution in [2.75, 3.05) is 0 Å². The molecule has 0 aliphatic heterocycles. The van der Waals surface area contributed by atoms with E-state index >= 15 is 0 Å². The first kappa shape index (κ1) is 18.4. The van der Waals surface area contributed by atoms with Crippen LogP contribution in [0.15, 0.2) is 36.4 Å². The van der Waals surface area contributed by atoms with Gasteiger partial charge in [0.15, 0.2) is 0 Å². The molecule has 0 saturated heterocycles. The van der Waals surface area contributed by atoms with E-state index in [0.717, 1.165) is 19.3 Å². The Labute approximate surface area is 178 Å². The number of carbonyl (C=O) groups excluding carboxylic acids is 1. The highest BCUT2D eigenvalue weighted by Gasteiger charge is 2.37. The van der Waals surface area contributed by atoms with Crippen LogP contribution in [0.5, 0.6) is 0 Å². The second-order valence-electron chi connectivity index (χ2n) is 10.1. The molecule has 3 nitrogen and oxygen atoms in total. The van der Waals surface area contributed by atoms with Crippen molar-refractivity contribution in [1.82, 2.24) is 9.78 Å². The van der Waals surface area contributed by atoms with E-state index in [4.69, 9.17) is 5.10 Å². The van der Waals surface area contributed by atoms with E-state index in [2.05, 4.69) is 50.4 Å². The van der Waals surface area contributed by atoms with Crippen LogP contribution >= 0.6 is 0 Å². The van der Waals surface area contributed by atoms with Crippen LogP contribution in [-0.2, 0) is 18.3 Å². The number of ketones is 1. The van der Waals surface area contributed by atoms with Crippen LogP contribution < -0.4 is 0 Å². The molecule has 2 aromatic carbocycles. The Morgan fingerprint density at radius 1 is 1.00 bits per heavy atom. The van der Waals surface area contributed by atoms with E-state index in [1.807, 2.05) is 4.68 Å². The summed E-state index contributed by atoms with van der Waals surface area (Å²) in [6.45, 7) is 2.25. The van der Waals surface area contributed by atoms with Gasteiger partial charge in [0.25, 0.3) is 0 Å². The maximum absolute atomic E-state index is 12.5. The third-order valence-electron chi connectivity index (χ3n) is 7.80. The highest BCUT2D eigenvalue weighted by atomic mass is 16.1. The molecule has 3 atom stereocenters. The Bertz CT molecular complexity index is 1150. The van der Waals surface area contributed by atoms with Crippen molar-refractivity contribution in [2.45, 2.75) is 63.7 Å². The third-order valence-corrected chi connectivity index (χ3v) is 7.80. The number of aromatic nitrogens is 2. The number of rotatable bonds is 2. The first-order valence-corrected chi connectivity index (χ1v) is 11.7. The monoisotopic (exact) mass is 398 g/mol. The number of hydrogen-bond donors (Lipinski definition) is 0. The molecule has 3 unspecified atom stereocenters. The van der Waals surface area contributed by atoms with E-state index in [1.54, 1.807) is 0 Å². The van der Waals surface area contributed by atoms with Crippen molar-refractivity contribution < 1.29 is 4.79 Å². The molecule has 0 amide bonds. The molecular formula is C27H30N2O. The number of nitrogens with zero attached hydrogens (tertiary/aromatic N) is 2. The van der Waals surface area contributed by atoms with Gasteiger partial charge in [-0.15, -0.1) is 0 Å². The Morgan fingerprint density at radius 2 is 1.87 bits per heavy atom. The lowest BCUT2D eigenvalue weighted by Crippen LogP contribution is -2.26. The van der Waals surface area contributed by atoms with E-state index in [9.17, 15) is 4.79 Å². The maximum atomic E-state index is 12.5. The molecule has 2 saturated carbocycles. The zero-order chi connectivity index (χ0) is 20.4. The first-order valence-electron chi connectivity index (χ1n) is 11.7. The molecule has 0 spiro atoms. The minimum atomic E-state index is 0.402. The number of aryl methyl sites for hydroxylation is 1. The predicted octanol–water partition coefficient (Wildman–Crippen LogP) is 6.15. The fourth-order valence-corrected chi connectivity index (χ4v) is 5.98. The average Bonchev–Trinajstić information content (AvgIpc) is 3.49. The molecule has 30 heavy (non-hydrogen) atoms. The van der Waals surface area contributed by atoms with Crippen molar-refractivity contribution in [1.29, 1.82) is 0 Å². The number of fused-ring (bicyclic) bond motifs is 4. The summed E-state index contributed by atoms with van der Waals surface area (Å²) < 4.78 is 2.04. The molecule has 3 aliphatic rings. The van der Waals surface area contributed by atoms with Crippen LogP contribution in [0.2, 0.25) is 0 Å². The highest BCUT2D eigenvalue weighted by molar-refractivity contribution is 5.88. The summed E-state index contributed by atoms with van der Waals surface area (Å²) in [4.78, 5) is 12.5. The Hall–Kier alpha value is -2.42. The molecule has 0 bridgehead atoms. The molecule has 3 aromatic rings. The molecular weight excluding hydrogens is 368 g/mol. The van der Waals surface area contributed by atoms with E-state index < -0.39 is 0 Å². The number of benzene rings is 2. The standard InChI is InChI=1S/C27H30N2O/c1-16-12-20(30)14-18-8-10-22(18)23-5-3-4-21(24(23)13-16)19-9-11-26-25(15-19)27(17-6-7-17)28-29(26)2/h3-5,9,11,15-18,22H,6-8,10,12-14H2,1-2H3. The Balaban J connectivity index is 1.50. The van der Waals surface area contributed by atoms with Gasteiger partial charge < -0.3 is 0 Å². The largest absolute Gasteiger partial charge is 0.300 e. The van der Waals surface area contributed by atoms with Crippen LogP contribution in [-0.4, -0.2) is 15.6 Å². The summed E-state index contributed by atoms with van der Waals surface area (Å²) in [6.07, 6.45) is 7.49. The molecule has 154 valence electrons. The molecule has 3 aliphatic carbocycles. The number of hydrogen-bond acceptors (Lipinski definition) is 2. The quantitative estimate of drug-likeness (QED) is 0.519. The SMILES string of the molecule is CC1CC(=O)CC2CCC2c2cccc(-c3ccc4c(c3)c(C3CC3)nn4C)c2C1. The average molecular weight is 399 g/mol. The minimum absolute atomic E-state index is 0.402. The maximum Gasteiger partial charge on any atom is 0.133 e. The second kappa shape index (κ2) is 6.80. The van der Waals surface area contributed by atoms with Crippen molar-refractivity contribution in [3.63, 3.8) is 0 Å². The molecule has 3 heteroatoms. The molecule has 2 fully saturated rings. The van der Waals surface area contributed by atoms with Crippen LogP contribution in [0.1, 0.15) is 74.1 Å². The fourth-order valence-electron chi connectivity index (χ4n) is 5.98. The van der Waals surface area contributed by atoms with Gasteiger partial charge >= 0.3 is 0 Å². The fraction of sp³-hybridized carbons (Fsp3) is 0.481. The van der Waals surface area contributed by atoms with Crippen molar-refractivity contribution in [3.05, 3.63) is 53.2 Å². The number of carbonyl (C=O) groups is 1. The predicted molar refractivity (Wildman–Crippen MR) is 121 cm³/mol. The van der Waals surface area contributed by atoms with Crippen molar-refractivity contribution >= 4 is 16.7 Å². The summed E-state index contributed by atoms with van der Waals surface area (Å²) in [5, 5.41) is 6.17. The molecule has 6 rings (SSSR count). The summed E-state index contributed by atoms with van der Waals surface area (Å²) in [5.41, 5.74) is 8.19. The van der Waals surface area contributed by atoms with Gasteiger partial charge in [0.05, 0.1) is 11.2 Å². The van der Waals surface area contributed by atoms with Gasteiger partial charge in [0.1, 0.15) is 5.78 Å². The summed E-state index contributed by atoms with van der Waals surface area (Å²) in [6, 6.07) is 13.8. The molecule has 0 radical (unpaired) electrons. The summed E-state index contributed by atoms with van der Waals surface area (Å²) >= 11 is 0. The third kappa shape index (κ3) is 2.93. The molecule has 0 N–H and O–H groups in total. The van der Waals surface area contributed by atoms with Gasteiger partial charge in [-0.25, -0.2) is 0 Å². The van der Waals surface area contributed by atoms with Gasteiger partial charge in [-0.3, -0.25) is 9.48 Å². The van der Waals surface area contributed by atoms with Crippen LogP contribution in [0.3, 0.4) is 0 Å². The Kier molecular flexibility index (Phi) is 4.16. The van der Waals surface area contributed by atoms with Gasteiger partial charge in [-0.05, 0) is 84.2 Å². The topological polar surface area (TPSA) is 34.9 Å². The van der Waals surface area contributed by atoms with Gasteiger partial charge in [-0.1, -0.05) is 31.2 Å². The zero-order valence-corrected chi connectivity index (χ0v) is 18.0. The lowest BCUT2D eigenvalue weighted by molar-refractivity contribution is -0.121. The first-order chi connectivity index (χ1) is 14.6. The highest BCUT2D eigenvalue weighted by Crippen LogP contribution is 2.49. The van der Waals surface area contributed by atoms with Crippen molar-refractivity contribution in [3.8, 4) is 11.1 Å². The normalized spacial score (nSPS) is 26.3. The van der Waals surface area contributed by atoms with Crippen molar-refractivity contribution in [2.24, 2.45) is 18.9 Å². The van der Waals surface area contributed by atoms with Gasteiger partial charge in [0.2, 0.25) is 0 Å². The number of Topliss-reactive ketones (excluding diaryl/α,β-unsaturated/α-hetero) is 1. The second-order valence-corrected chi connectivity index (χ2v) is 10.1. The smallest absolute Gasteiger partial charge is 0.133 e. The lowest BCUT2D eigenvalue weighted by atomic mass is 9.66. The van der Waals surface area contributed by atoms with Crippen LogP contribution in [0.4, 0.5) is 0 Å². The van der Waals surface area contributed by atoms with Gasteiger partial charge in [0, 0.05) is 31.2 Å². The molecule has 1 heterocycles. The lowest BCUT2D eigenvalue weighted by Gasteiger charge is -2.38. The molecule has 1 aromatic heterocycles. The van der Waals surface area contributed by atoms with Crippen LogP contribution in [0, 0.1) is 11.8 Å². The van der Waals surface area contributed by atoms with E-state index in [1.165, 1.54) is 64.5 Å².